The van der Waals surface area contributed by atoms with Gasteiger partial charge in [0.1, 0.15) is 0 Å². The second-order valence-electron chi connectivity index (χ2n) is 9.27. The van der Waals surface area contributed by atoms with Gasteiger partial charge in [0.15, 0.2) is 0 Å². The van der Waals surface area contributed by atoms with Gasteiger partial charge in [-0.2, -0.15) is 0 Å². The van der Waals surface area contributed by atoms with Crippen LogP contribution in [0, 0.1) is 5.41 Å². The van der Waals surface area contributed by atoms with Crippen molar-refractivity contribution < 1.29 is 64.5 Å². The number of aliphatic hydroxyl groups excluding tert-OH is 4. The Bertz CT molecular complexity index is 1110. The summed E-state index contributed by atoms with van der Waals surface area (Å²) in [5, 5.41) is 59.0. The topological polar surface area (TPSA) is 236 Å². The van der Waals surface area contributed by atoms with Crippen LogP contribution in [-0.4, -0.2) is 92.0 Å². The first kappa shape index (κ1) is 36.8. The number of fused-ring (bicyclic) bond motifs is 1. The average molecular weight is 581 g/mol. The third-order valence-electron chi connectivity index (χ3n) is 5.19. The number of ether oxygens (including phenoxy) is 1. The Morgan fingerprint density at radius 3 is 1.29 bits per heavy atom. The Morgan fingerprint density at radius 1 is 0.610 bits per heavy atom. The number of cyclic esters (lactones) is 2. The Labute approximate surface area is 236 Å². The number of hydrogen-bond acceptors (Lipinski definition) is 10. The normalized spacial score (nSPS) is 11.4. The van der Waals surface area contributed by atoms with Gasteiger partial charge in [0, 0.05) is 18.6 Å². The molecule has 2 aromatic carbocycles. The molecule has 0 aliphatic carbocycles. The lowest BCUT2D eigenvalue weighted by atomic mass is 9.97. The molecule has 0 aromatic heterocycles. The third-order valence-corrected chi connectivity index (χ3v) is 5.19. The van der Waals surface area contributed by atoms with Crippen LogP contribution in [0.4, 0.5) is 0 Å². The summed E-state index contributed by atoms with van der Waals surface area (Å²) < 4.78 is 4.30. The molecule has 0 atom stereocenters. The maximum absolute atomic E-state index is 11.0. The lowest BCUT2D eigenvalue weighted by Gasteiger charge is -2.16. The van der Waals surface area contributed by atoms with Gasteiger partial charge in [0.25, 0.3) is 0 Å². The number of hydrogen-bond donors (Lipinski definition) is 7. The molecule has 2 aromatic rings. The summed E-state index contributed by atoms with van der Waals surface area (Å²) in [4.78, 5) is 53.2. The lowest BCUT2D eigenvalue weighted by Crippen LogP contribution is -2.20. The fourth-order valence-corrected chi connectivity index (χ4v) is 2.60. The first-order valence-corrected chi connectivity index (χ1v) is 12.4. The molecule has 0 amide bonds. The van der Waals surface area contributed by atoms with E-state index < -0.39 is 29.8 Å². The highest BCUT2D eigenvalue weighted by molar-refractivity contribution is 6.15. The number of benzene rings is 2. The number of aromatic carboxylic acids is 3. The van der Waals surface area contributed by atoms with Gasteiger partial charge in [-0.1, -0.05) is 26.7 Å². The third kappa shape index (κ3) is 14.2. The van der Waals surface area contributed by atoms with Gasteiger partial charge in [0.2, 0.25) is 0 Å². The minimum Gasteiger partial charge on any atom is -0.478 e. The fraction of sp³-hybridized carbons (Fsp3) is 0.393. The Balaban J connectivity index is 0.000000543. The van der Waals surface area contributed by atoms with E-state index >= 15 is 0 Å². The summed E-state index contributed by atoms with van der Waals surface area (Å²) in [7, 11) is 0. The number of aliphatic hydroxyl groups is 4. The molecule has 0 saturated heterocycles. The van der Waals surface area contributed by atoms with E-state index in [-0.39, 0.29) is 59.7 Å². The van der Waals surface area contributed by atoms with Crippen LogP contribution < -0.4 is 0 Å². The zero-order chi connectivity index (χ0) is 31.6. The zero-order valence-corrected chi connectivity index (χ0v) is 22.8. The van der Waals surface area contributed by atoms with Crippen molar-refractivity contribution in [2.24, 2.45) is 5.41 Å². The quantitative estimate of drug-likeness (QED) is 0.121. The van der Waals surface area contributed by atoms with Crippen LogP contribution in [0.5, 0.6) is 0 Å². The van der Waals surface area contributed by atoms with Crippen molar-refractivity contribution in [1.29, 1.82) is 0 Å². The fourth-order valence-electron chi connectivity index (χ4n) is 2.60. The SMILES string of the molecule is CC(C)(CO)CO.O=C(O)c1ccc(C(=O)O)cc1.O=C(O)c1ccc2c(c1)C(=O)OC2=O.OCCCCCCO. The molecule has 0 radical (unpaired) electrons. The van der Waals surface area contributed by atoms with Gasteiger partial charge >= 0.3 is 29.8 Å². The van der Waals surface area contributed by atoms with E-state index in [1.165, 1.54) is 36.4 Å². The maximum Gasteiger partial charge on any atom is 0.346 e. The predicted molar refractivity (Wildman–Crippen MR) is 144 cm³/mol. The van der Waals surface area contributed by atoms with Crippen molar-refractivity contribution in [1.82, 2.24) is 0 Å². The van der Waals surface area contributed by atoms with Gasteiger partial charge in [-0.25, -0.2) is 24.0 Å². The van der Waals surface area contributed by atoms with Crippen molar-refractivity contribution in [2.45, 2.75) is 39.5 Å². The van der Waals surface area contributed by atoms with Gasteiger partial charge in [-0.05, 0) is 55.3 Å². The van der Waals surface area contributed by atoms with E-state index in [0.717, 1.165) is 31.7 Å². The monoisotopic (exact) mass is 580 g/mol. The first-order chi connectivity index (χ1) is 19.2. The molecule has 1 heterocycles. The maximum atomic E-state index is 11.0. The molecule has 0 unspecified atom stereocenters. The smallest absolute Gasteiger partial charge is 0.346 e. The molecule has 1 aliphatic heterocycles. The summed E-state index contributed by atoms with van der Waals surface area (Å²) in [6.45, 7) is 4.25. The van der Waals surface area contributed by atoms with Gasteiger partial charge in [-0.15, -0.1) is 0 Å². The molecule has 226 valence electrons. The molecule has 0 bridgehead atoms. The number of carboxylic acid groups (broad SMARTS) is 3. The van der Waals surface area contributed by atoms with Gasteiger partial charge in [0.05, 0.1) is 41.0 Å². The number of unbranched alkanes of at least 4 members (excludes halogenated alkanes) is 3. The standard InChI is InChI=1S/C9H4O5.C8H6O4.C6H14O2.C5H12O2/c10-7(11)4-1-2-5-6(3-4)9(13)14-8(5)12;9-7(10)5-1-2-6(4-3-5)8(11)12;7-5-3-1-2-4-6-8;1-5(2,3-6)4-7/h1-3H,(H,10,11);1-4H,(H,9,10)(H,11,12);7-8H,1-6H2;6-7H,3-4H2,1-2H3. The number of rotatable bonds is 10. The zero-order valence-electron chi connectivity index (χ0n) is 22.8. The van der Waals surface area contributed by atoms with Crippen molar-refractivity contribution in [3.63, 3.8) is 0 Å². The van der Waals surface area contributed by atoms with Crippen LogP contribution in [0.3, 0.4) is 0 Å². The van der Waals surface area contributed by atoms with E-state index in [1.807, 2.05) is 0 Å². The molecule has 3 rings (SSSR count). The minimum atomic E-state index is -1.15. The summed E-state index contributed by atoms with van der Waals surface area (Å²) in [6, 6.07) is 8.67. The summed E-state index contributed by atoms with van der Waals surface area (Å²) in [5.74, 6) is -4.81. The first-order valence-electron chi connectivity index (χ1n) is 12.4. The molecule has 0 saturated carbocycles. The lowest BCUT2D eigenvalue weighted by molar-refractivity contribution is 0.0442. The van der Waals surface area contributed by atoms with Gasteiger partial charge < -0.3 is 40.5 Å². The Kier molecular flexibility index (Phi) is 17.1. The molecular formula is C28H36O13. The summed E-state index contributed by atoms with van der Waals surface area (Å²) in [5.41, 5.74) is -0.0645. The summed E-state index contributed by atoms with van der Waals surface area (Å²) >= 11 is 0. The number of carbonyl (C=O) groups excluding carboxylic acids is 2. The van der Waals surface area contributed by atoms with Gasteiger partial charge in [-0.3, -0.25) is 0 Å². The van der Waals surface area contributed by atoms with Crippen LogP contribution in [-0.2, 0) is 4.74 Å². The van der Waals surface area contributed by atoms with E-state index in [2.05, 4.69) is 4.74 Å². The average Bonchev–Trinajstić information content (AvgIpc) is 3.24. The van der Waals surface area contributed by atoms with E-state index in [9.17, 15) is 24.0 Å². The van der Waals surface area contributed by atoms with E-state index in [0.29, 0.717) is 0 Å². The predicted octanol–water partition coefficient (Wildman–Crippen LogP) is 2.31. The van der Waals surface area contributed by atoms with Crippen molar-refractivity contribution >= 4 is 29.8 Å². The van der Waals surface area contributed by atoms with Crippen molar-refractivity contribution in [3.8, 4) is 0 Å². The van der Waals surface area contributed by atoms with Crippen LogP contribution >= 0.6 is 0 Å². The largest absolute Gasteiger partial charge is 0.478 e. The highest BCUT2D eigenvalue weighted by atomic mass is 16.6. The molecule has 0 fully saturated rings. The van der Waals surface area contributed by atoms with E-state index in [1.54, 1.807) is 13.8 Å². The highest BCUT2D eigenvalue weighted by Gasteiger charge is 2.30. The van der Waals surface area contributed by atoms with Crippen LogP contribution in [0.25, 0.3) is 0 Å². The second kappa shape index (κ2) is 19.0. The van der Waals surface area contributed by atoms with E-state index in [4.69, 9.17) is 35.7 Å². The van der Waals surface area contributed by atoms with Crippen LogP contribution in [0.1, 0.15) is 91.3 Å². The minimum absolute atomic E-state index is 0.00917. The molecule has 0 spiro atoms. The number of esters is 2. The molecule has 13 nitrogen and oxygen atoms in total. The van der Waals surface area contributed by atoms with Crippen LogP contribution in [0.2, 0.25) is 0 Å². The number of carboxylic acids is 3. The van der Waals surface area contributed by atoms with Crippen molar-refractivity contribution in [3.05, 3.63) is 70.3 Å². The Morgan fingerprint density at radius 2 is 0.976 bits per heavy atom. The molecule has 13 heteroatoms. The van der Waals surface area contributed by atoms with Crippen LogP contribution in [0.15, 0.2) is 42.5 Å². The molecule has 7 N–H and O–H groups in total. The Hall–Kier alpha value is -4.17. The molecular weight excluding hydrogens is 544 g/mol. The second-order valence-corrected chi connectivity index (χ2v) is 9.27. The molecule has 1 aliphatic rings. The number of carbonyl (C=O) groups is 5. The highest BCUT2D eigenvalue weighted by Crippen LogP contribution is 2.21. The van der Waals surface area contributed by atoms with Crippen molar-refractivity contribution in [2.75, 3.05) is 26.4 Å². The molecule has 41 heavy (non-hydrogen) atoms. The summed E-state index contributed by atoms with van der Waals surface area (Å²) in [6.07, 6.45) is 3.83.